The Morgan fingerprint density at radius 3 is 2.75 bits per heavy atom. The van der Waals surface area contributed by atoms with Crippen LogP contribution in [0.2, 0.25) is 5.02 Å². The van der Waals surface area contributed by atoms with Crippen LogP contribution < -0.4 is 5.32 Å². The summed E-state index contributed by atoms with van der Waals surface area (Å²) in [6.45, 7) is 5.87. The predicted molar refractivity (Wildman–Crippen MR) is 113 cm³/mol. The molecule has 0 aliphatic heterocycles. The molecule has 3 aromatic heterocycles. The van der Waals surface area contributed by atoms with Gasteiger partial charge in [-0.1, -0.05) is 51.6 Å². The molecule has 3 aromatic rings. The molecule has 3 rings (SSSR count). The molecule has 0 aliphatic carbocycles. The van der Waals surface area contributed by atoms with Crippen LogP contribution in [0.4, 0.5) is 10.2 Å². The van der Waals surface area contributed by atoms with Crippen LogP contribution in [0.25, 0.3) is 22.4 Å². The molecule has 0 bridgehead atoms. The second-order valence-electron chi connectivity index (χ2n) is 7.08. The molecule has 28 heavy (non-hydrogen) atoms. The maximum Gasteiger partial charge on any atom is 0.183 e. The lowest BCUT2D eigenvalue weighted by atomic mass is 9.96. The minimum atomic E-state index is -0.625. The number of aliphatic hydroxyl groups excluding tert-OH is 1. The van der Waals surface area contributed by atoms with Gasteiger partial charge in [0.1, 0.15) is 0 Å². The minimum absolute atomic E-state index is 0.0313. The molecular formula is C19H23ClFN5OS. The van der Waals surface area contributed by atoms with Crippen LogP contribution in [-0.4, -0.2) is 36.2 Å². The molecule has 0 spiro atoms. The van der Waals surface area contributed by atoms with Crippen LogP contribution in [0.15, 0.2) is 24.7 Å². The molecular weight excluding hydrogens is 401 g/mol. The predicted octanol–water partition coefficient (Wildman–Crippen LogP) is 4.58. The van der Waals surface area contributed by atoms with E-state index in [1.54, 1.807) is 16.2 Å². The third kappa shape index (κ3) is 4.24. The van der Waals surface area contributed by atoms with Crippen LogP contribution in [0.1, 0.15) is 33.6 Å². The molecule has 0 amide bonds. The van der Waals surface area contributed by atoms with Gasteiger partial charge in [-0.15, -0.1) is 0 Å². The van der Waals surface area contributed by atoms with Gasteiger partial charge in [-0.25, -0.2) is 19.3 Å². The Morgan fingerprint density at radius 2 is 2.07 bits per heavy atom. The van der Waals surface area contributed by atoms with Crippen molar-refractivity contribution in [2.75, 3.05) is 5.32 Å². The molecule has 2 N–H and O–H groups in total. The van der Waals surface area contributed by atoms with Crippen LogP contribution in [0.3, 0.4) is 0 Å². The number of aromatic nitrogens is 4. The van der Waals surface area contributed by atoms with Crippen LogP contribution in [0.5, 0.6) is 0 Å². The molecule has 0 fully saturated rings. The normalized spacial score (nSPS) is 13.9. The molecule has 0 radical (unpaired) electrons. The first-order valence-electron chi connectivity index (χ1n) is 9.15. The topological polar surface area (TPSA) is 75.9 Å². The zero-order valence-electron chi connectivity index (χ0n) is 15.9. The third-order valence-electron chi connectivity index (χ3n) is 4.59. The lowest BCUT2D eigenvalue weighted by Crippen LogP contribution is -2.37. The van der Waals surface area contributed by atoms with E-state index in [0.717, 1.165) is 12.6 Å². The number of aliphatic hydroxyl groups is 1. The standard InChI is InChI=1S/C19H23ClFN5OS/c1-4-5-15(16(27)10(2)3)24-18-14(21)8-22-17(25-18)13-9-26(28)19-12(13)6-11(20)7-23-19/h6-10,15-16,27-28H,4-5H2,1-3H3,(H,22,24,25). The SMILES string of the molecule is CCCC(Nc1nc(-c2cn(S)c3ncc(Cl)cc23)ncc1F)C(O)C(C)C. The summed E-state index contributed by atoms with van der Waals surface area (Å²) in [5, 5.41) is 14.7. The van der Waals surface area contributed by atoms with Crippen molar-refractivity contribution in [2.24, 2.45) is 5.92 Å². The third-order valence-corrected chi connectivity index (χ3v) is 5.11. The Morgan fingerprint density at radius 1 is 1.32 bits per heavy atom. The van der Waals surface area contributed by atoms with Gasteiger partial charge in [0.05, 0.1) is 23.4 Å². The highest BCUT2D eigenvalue weighted by Gasteiger charge is 2.24. The first-order valence-corrected chi connectivity index (χ1v) is 9.93. The molecule has 2 unspecified atom stereocenters. The first-order chi connectivity index (χ1) is 13.3. The summed E-state index contributed by atoms with van der Waals surface area (Å²) in [6, 6.07) is 1.43. The highest BCUT2D eigenvalue weighted by atomic mass is 35.5. The summed E-state index contributed by atoms with van der Waals surface area (Å²) >= 11 is 10.4. The van der Waals surface area contributed by atoms with Gasteiger partial charge in [0.15, 0.2) is 23.1 Å². The smallest absolute Gasteiger partial charge is 0.183 e. The number of rotatable bonds is 7. The number of thiol groups is 1. The summed E-state index contributed by atoms with van der Waals surface area (Å²) in [6.07, 6.45) is 5.27. The van der Waals surface area contributed by atoms with Crippen LogP contribution in [-0.2, 0) is 0 Å². The van der Waals surface area contributed by atoms with Crippen molar-refractivity contribution >= 4 is 41.3 Å². The Kier molecular flexibility index (Phi) is 6.42. The molecule has 6 nitrogen and oxygen atoms in total. The van der Waals surface area contributed by atoms with Gasteiger partial charge in [0, 0.05) is 23.3 Å². The number of fused-ring (bicyclic) bond motifs is 1. The maximum absolute atomic E-state index is 14.4. The number of halogens is 2. The molecule has 0 saturated carbocycles. The van der Waals surface area contributed by atoms with E-state index in [9.17, 15) is 9.50 Å². The molecule has 2 atom stereocenters. The fraction of sp³-hybridized carbons (Fsp3) is 0.421. The van der Waals surface area contributed by atoms with Crippen LogP contribution >= 0.6 is 24.4 Å². The van der Waals surface area contributed by atoms with E-state index in [1.807, 2.05) is 20.8 Å². The summed E-state index contributed by atoms with van der Waals surface area (Å²) in [5.74, 6) is -0.173. The number of hydrogen-bond donors (Lipinski definition) is 3. The summed E-state index contributed by atoms with van der Waals surface area (Å²) in [5.41, 5.74) is 1.24. The second kappa shape index (κ2) is 8.63. The molecule has 0 aromatic carbocycles. The van der Waals surface area contributed by atoms with Gasteiger partial charge in [0.25, 0.3) is 0 Å². The largest absolute Gasteiger partial charge is 0.391 e. The van der Waals surface area contributed by atoms with Gasteiger partial charge in [-0.2, -0.15) is 0 Å². The first kappa shape index (κ1) is 20.8. The Balaban J connectivity index is 2.01. The number of pyridine rings is 1. The lowest BCUT2D eigenvalue weighted by Gasteiger charge is -2.27. The summed E-state index contributed by atoms with van der Waals surface area (Å²) in [4.78, 5) is 12.8. The number of hydrogen-bond acceptors (Lipinski definition) is 6. The average Bonchev–Trinajstić information content (AvgIpc) is 2.98. The van der Waals surface area contributed by atoms with Gasteiger partial charge in [-0.3, -0.25) is 3.97 Å². The van der Waals surface area contributed by atoms with Crippen molar-refractivity contribution in [3.8, 4) is 11.4 Å². The van der Waals surface area contributed by atoms with E-state index < -0.39 is 11.9 Å². The lowest BCUT2D eigenvalue weighted by molar-refractivity contribution is 0.101. The zero-order chi connectivity index (χ0) is 20.4. The fourth-order valence-corrected chi connectivity index (χ4v) is 3.55. The van der Waals surface area contributed by atoms with Crippen molar-refractivity contribution in [1.29, 1.82) is 0 Å². The van der Waals surface area contributed by atoms with Crippen molar-refractivity contribution in [3.05, 3.63) is 35.5 Å². The van der Waals surface area contributed by atoms with Crippen molar-refractivity contribution in [1.82, 2.24) is 18.9 Å². The van der Waals surface area contributed by atoms with E-state index >= 15 is 0 Å². The van der Waals surface area contributed by atoms with Gasteiger partial charge in [0.2, 0.25) is 0 Å². The molecule has 0 saturated heterocycles. The van der Waals surface area contributed by atoms with E-state index in [4.69, 9.17) is 11.6 Å². The van der Waals surface area contributed by atoms with E-state index in [0.29, 0.717) is 33.9 Å². The number of anilines is 1. The highest BCUT2D eigenvalue weighted by Crippen LogP contribution is 2.31. The zero-order valence-corrected chi connectivity index (χ0v) is 17.5. The minimum Gasteiger partial charge on any atom is -0.391 e. The molecule has 150 valence electrons. The van der Waals surface area contributed by atoms with Crippen molar-refractivity contribution < 1.29 is 9.50 Å². The van der Waals surface area contributed by atoms with Gasteiger partial charge in [-0.05, 0) is 18.4 Å². The van der Waals surface area contributed by atoms with Crippen molar-refractivity contribution in [3.63, 3.8) is 0 Å². The van der Waals surface area contributed by atoms with E-state index in [-0.39, 0.29) is 17.8 Å². The highest BCUT2D eigenvalue weighted by molar-refractivity contribution is 7.78. The molecule has 3 heterocycles. The van der Waals surface area contributed by atoms with E-state index in [1.165, 1.54) is 6.20 Å². The van der Waals surface area contributed by atoms with Gasteiger partial charge < -0.3 is 10.4 Å². The van der Waals surface area contributed by atoms with Crippen LogP contribution in [0, 0.1) is 11.7 Å². The fourth-order valence-electron chi connectivity index (χ4n) is 3.12. The van der Waals surface area contributed by atoms with Gasteiger partial charge >= 0.3 is 0 Å². The summed E-state index contributed by atoms with van der Waals surface area (Å²) < 4.78 is 16.0. The number of nitrogens with one attached hydrogen (secondary N) is 1. The summed E-state index contributed by atoms with van der Waals surface area (Å²) in [7, 11) is 0. The van der Waals surface area contributed by atoms with Crippen molar-refractivity contribution in [2.45, 2.75) is 45.8 Å². The quantitative estimate of drug-likeness (QED) is 0.485. The average molecular weight is 424 g/mol. The number of nitrogens with zero attached hydrogens (tertiary/aromatic N) is 4. The Hall–Kier alpha value is -1.90. The Labute approximate surface area is 173 Å². The maximum atomic E-state index is 14.4. The molecule has 0 aliphatic rings. The molecule has 9 heteroatoms. The second-order valence-corrected chi connectivity index (χ2v) is 7.94. The Bertz CT molecular complexity index is 980. The van der Waals surface area contributed by atoms with E-state index in [2.05, 4.69) is 33.1 Å². The monoisotopic (exact) mass is 423 g/mol.